The van der Waals surface area contributed by atoms with Gasteiger partial charge in [-0.25, -0.2) is 21.9 Å². The van der Waals surface area contributed by atoms with E-state index >= 15 is 0 Å². The van der Waals surface area contributed by atoms with Crippen molar-refractivity contribution in [3.63, 3.8) is 0 Å². The van der Waals surface area contributed by atoms with Crippen molar-refractivity contribution in [1.29, 1.82) is 0 Å². The van der Waals surface area contributed by atoms with Crippen LogP contribution >= 0.6 is 0 Å². The van der Waals surface area contributed by atoms with Crippen LogP contribution in [0, 0.1) is 11.6 Å². The van der Waals surface area contributed by atoms with Crippen molar-refractivity contribution in [3.05, 3.63) is 29.8 Å². The molecule has 108 valence electrons. The first-order valence-electron chi connectivity index (χ1n) is 5.34. The number of methoxy groups -OCH3 is 2. The number of nitrogens with one attached hydrogen (secondary N) is 1. The van der Waals surface area contributed by atoms with Crippen molar-refractivity contribution >= 4 is 10.0 Å². The minimum absolute atomic E-state index is 0.371. The second kappa shape index (κ2) is 6.38. The summed E-state index contributed by atoms with van der Waals surface area (Å²) in [6.07, 6.45) is -0.792. The zero-order chi connectivity index (χ0) is 14.6. The summed E-state index contributed by atoms with van der Waals surface area (Å²) in [6.45, 7) is 1.52. The monoisotopic (exact) mass is 295 g/mol. The largest absolute Gasteiger partial charge is 0.354 e. The van der Waals surface area contributed by atoms with Crippen LogP contribution in [0.25, 0.3) is 0 Å². The summed E-state index contributed by atoms with van der Waals surface area (Å²) in [6, 6.07) is 1.63. The molecule has 0 aliphatic rings. The summed E-state index contributed by atoms with van der Waals surface area (Å²) in [5.41, 5.74) is 0. The molecule has 0 saturated heterocycles. The zero-order valence-electron chi connectivity index (χ0n) is 10.7. The number of hydrogen-bond donors (Lipinski definition) is 1. The van der Waals surface area contributed by atoms with E-state index in [4.69, 9.17) is 9.47 Å². The van der Waals surface area contributed by atoms with Crippen LogP contribution in [-0.2, 0) is 19.5 Å². The normalized spacial score (nSPS) is 13.8. The Morgan fingerprint density at radius 3 is 2.21 bits per heavy atom. The van der Waals surface area contributed by atoms with E-state index in [1.807, 2.05) is 0 Å². The topological polar surface area (TPSA) is 64.6 Å². The standard InChI is InChI=1S/C11H15F2NO4S/c1-7(11(17-2)18-3)14-19(15,16)8-4-5-9(12)10(13)6-8/h4-7,11,14H,1-3H3. The van der Waals surface area contributed by atoms with Crippen LogP contribution in [-0.4, -0.2) is 35.0 Å². The number of hydrogen-bond acceptors (Lipinski definition) is 4. The van der Waals surface area contributed by atoms with Gasteiger partial charge in [-0.05, 0) is 25.1 Å². The van der Waals surface area contributed by atoms with Gasteiger partial charge in [0.15, 0.2) is 17.9 Å². The predicted octanol–water partition coefficient (Wildman–Crippen LogP) is 1.25. The third kappa shape index (κ3) is 3.93. The molecule has 19 heavy (non-hydrogen) atoms. The molecule has 1 aromatic carbocycles. The maximum Gasteiger partial charge on any atom is 0.241 e. The molecule has 1 aromatic rings. The lowest BCUT2D eigenvalue weighted by Crippen LogP contribution is -2.42. The van der Waals surface area contributed by atoms with Crippen LogP contribution in [0.2, 0.25) is 0 Å². The van der Waals surface area contributed by atoms with Crippen molar-refractivity contribution in [2.75, 3.05) is 14.2 Å². The van der Waals surface area contributed by atoms with Crippen LogP contribution in [0.1, 0.15) is 6.92 Å². The smallest absolute Gasteiger partial charge is 0.241 e. The zero-order valence-corrected chi connectivity index (χ0v) is 11.5. The Morgan fingerprint density at radius 2 is 1.74 bits per heavy atom. The Morgan fingerprint density at radius 1 is 1.16 bits per heavy atom. The van der Waals surface area contributed by atoms with Crippen molar-refractivity contribution < 1.29 is 26.7 Å². The van der Waals surface area contributed by atoms with Crippen LogP contribution < -0.4 is 4.72 Å². The first-order valence-corrected chi connectivity index (χ1v) is 6.83. The molecule has 0 saturated carbocycles. The maximum atomic E-state index is 13.0. The summed E-state index contributed by atoms with van der Waals surface area (Å²) >= 11 is 0. The van der Waals surface area contributed by atoms with Gasteiger partial charge in [0.05, 0.1) is 10.9 Å². The molecule has 0 fully saturated rings. The Labute approximate surface area is 110 Å². The van der Waals surface area contributed by atoms with Gasteiger partial charge in [0.25, 0.3) is 0 Å². The maximum absolute atomic E-state index is 13.0. The molecule has 1 N–H and O–H groups in total. The number of sulfonamides is 1. The van der Waals surface area contributed by atoms with Crippen LogP contribution in [0.3, 0.4) is 0 Å². The van der Waals surface area contributed by atoms with Gasteiger partial charge in [0.1, 0.15) is 0 Å². The Hall–Kier alpha value is -1.09. The third-order valence-corrected chi connectivity index (χ3v) is 3.97. The molecule has 1 rings (SSSR count). The number of rotatable bonds is 6. The molecule has 0 heterocycles. The molecule has 0 spiro atoms. The van der Waals surface area contributed by atoms with Gasteiger partial charge in [0, 0.05) is 14.2 Å². The van der Waals surface area contributed by atoms with Gasteiger partial charge in [0.2, 0.25) is 10.0 Å². The van der Waals surface area contributed by atoms with Gasteiger partial charge in [-0.2, -0.15) is 0 Å². The highest BCUT2D eigenvalue weighted by atomic mass is 32.2. The van der Waals surface area contributed by atoms with Crippen molar-refractivity contribution in [2.24, 2.45) is 0 Å². The van der Waals surface area contributed by atoms with Crippen LogP contribution in [0.15, 0.2) is 23.1 Å². The molecule has 0 radical (unpaired) electrons. The first kappa shape index (κ1) is 16.0. The van der Waals surface area contributed by atoms with Gasteiger partial charge in [-0.3, -0.25) is 0 Å². The van der Waals surface area contributed by atoms with E-state index in [0.717, 1.165) is 12.1 Å². The first-order chi connectivity index (χ1) is 8.81. The Balaban J connectivity index is 2.95. The minimum atomic E-state index is -3.98. The van der Waals surface area contributed by atoms with E-state index in [2.05, 4.69) is 4.72 Å². The molecule has 1 unspecified atom stereocenters. The van der Waals surface area contributed by atoms with Crippen LogP contribution in [0.4, 0.5) is 8.78 Å². The Bertz CT molecular complexity index is 531. The molecule has 8 heteroatoms. The SMILES string of the molecule is COC(OC)C(C)NS(=O)(=O)c1ccc(F)c(F)c1. The second-order valence-corrected chi connectivity index (χ2v) is 5.54. The average Bonchev–Trinajstić information content (AvgIpc) is 2.33. The summed E-state index contributed by atoms with van der Waals surface area (Å²) < 4.78 is 61.7. The van der Waals surface area contributed by atoms with E-state index in [9.17, 15) is 17.2 Å². The minimum Gasteiger partial charge on any atom is -0.354 e. The van der Waals surface area contributed by atoms with Crippen molar-refractivity contribution in [3.8, 4) is 0 Å². The van der Waals surface area contributed by atoms with Gasteiger partial charge < -0.3 is 9.47 Å². The molecule has 1 atom stereocenters. The van der Waals surface area contributed by atoms with E-state index in [1.165, 1.54) is 21.1 Å². The van der Waals surface area contributed by atoms with Gasteiger partial charge in [-0.15, -0.1) is 0 Å². The third-order valence-electron chi connectivity index (χ3n) is 2.42. The van der Waals surface area contributed by atoms with E-state index in [0.29, 0.717) is 6.07 Å². The highest BCUT2D eigenvalue weighted by Gasteiger charge is 2.24. The molecular formula is C11H15F2NO4S. The fourth-order valence-electron chi connectivity index (χ4n) is 1.52. The lowest BCUT2D eigenvalue weighted by molar-refractivity contribution is -0.115. The van der Waals surface area contributed by atoms with E-state index in [1.54, 1.807) is 0 Å². The lowest BCUT2D eigenvalue weighted by Gasteiger charge is -2.22. The summed E-state index contributed by atoms with van der Waals surface area (Å²) in [4.78, 5) is -0.371. The van der Waals surface area contributed by atoms with Crippen molar-refractivity contribution in [1.82, 2.24) is 4.72 Å². The molecule has 0 aromatic heterocycles. The lowest BCUT2D eigenvalue weighted by atomic mass is 10.3. The van der Waals surface area contributed by atoms with Gasteiger partial charge >= 0.3 is 0 Å². The predicted molar refractivity (Wildman–Crippen MR) is 63.9 cm³/mol. The quantitative estimate of drug-likeness (QED) is 0.802. The molecule has 0 bridgehead atoms. The number of ether oxygens (including phenoxy) is 2. The van der Waals surface area contributed by atoms with E-state index < -0.39 is 34.0 Å². The summed E-state index contributed by atoms with van der Waals surface area (Å²) in [5, 5.41) is 0. The van der Waals surface area contributed by atoms with Gasteiger partial charge in [-0.1, -0.05) is 0 Å². The molecular weight excluding hydrogens is 280 g/mol. The molecule has 0 amide bonds. The highest BCUT2D eigenvalue weighted by molar-refractivity contribution is 7.89. The van der Waals surface area contributed by atoms with Crippen LogP contribution in [0.5, 0.6) is 0 Å². The molecule has 0 aliphatic carbocycles. The number of benzene rings is 1. The summed E-state index contributed by atoms with van der Waals surface area (Å²) in [7, 11) is -1.27. The second-order valence-electron chi connectivity index (χ2n) is 3.83. The molecule has 5 nitrogen and oxygen atoms in total. The summed E-state index contributed by atoms with van der Waals surface area (Å²) in [5.74, 6) is -2.34. The fourth-order valence-corrected chi connectivity index (χ4v) is 2.76. The Kier molecular flexibility index (Phi) is 5.36. The average molecular weight is 295 g/mol. The number of halogens is 2. The fraction of sp³-hybridized carbons (Fsp3) is 0.455. The van der Waals surface area contributed by atoms with Crippen molar-refractivity contribution in [2.45, 2.75) is 24.2 Å². The molecule has 0 aliphatic heterocycles. The van der Waals surface area contributed by atoms with E-state index in [-0.39, 0.29) is 4.90 Å². The highest BCUT2D eigenvalue weighted by Crippen LogP contribution is 2.14.